The lowest BCUT2D eigenvalue weighted by Gasteiger charge is -2.12. The first-order valence-electron chi connectivity index (χ1n) is 10.1. The maximum Gasteiger partial charge on any atom is 0.178 e. The Labute approximate surface area is 190 Å². The van der Waals surface area contributed by atoms with Gasteiger partial charge in [-0.3, -0.25) is 0 Å². The monoisotopic (exact) mass is 472 g/mol. The van der Waals surface area contributed by atoms with Crippen LogP contribution >= 0.6 is 0 Å². The zero-order valence-corrected chi connectivity index (χ0v) is 19.1. The van der Waals surface area contributed by atoms with Gasteiger partial charge in [-0.15, -0.1) is 0 Å². The summed E-state index contributed by atoms with van der Waals surface area (Å²) in [4.78, 5) is 7.96. The number of nitrogens with zero attached hydrogens (tertiary/aromatic N) is 3. The molecule has 2 aromatic heterocycles. The SMILES string of the molecule is COc1ccc(F)c2c1cc(C)n2CCNc1cc(-c2ccc(S(C)(=O)=O)c(F)c2)ncn1. The normalized spacial score (nSPS) is 11.7. The predicted octanol–water partition coefficient (Wildman–Crippen LogP) is 4.21. The van der Waals surface area contributed by atoms with Crippen molar-refractivity contribution in [1.82, 2.24) is 14.5 Å². The Morgan fingerprint density at radius 1 is 1.06 bits per heavy atom. The second kappa shape index (κ2) is 8.78. The molecule has 0 saturated carbocycles. The van der Waals surface area contributed by atoms with E-state index in [4.69, 9.17) is 4.74 Å². The maximum atomic E-state index is 14.5. The van der Waals surface area contributed by atoms with Gasteiger partial charge in [0.2, 0.25) is 0 Å². The fourth-order valence-corrected chi connectivity index (χ4v) is 4.50. The summed E-state index contributed by atoms with van der Waals surface area (Å²) < 4.78 is 59.2. The van der Waals surface area contributed by atoms with Crippen molar-refractivity contribution >= 4 is 26.6 Å². The Bertz CT molecular complexity index is 1450. The molecule has 0 aliphatic carbocycles. The van der Waals surface area contributed by atoms with Crippen molar-refractivity contribution in [3.63, 3.8) is 0 Å². The van der Waals surface area contributed by atoms with Crippen molar-refractivity contribution in [3.8, 4) is 17.0 Å². The first kappa shape index (κ1) is 22.7. The molecular weight excluding hydrogens is 450 g/mol. The Kier molecular flexibility index (Phi) is 6.03. The van der Waals surface area contributed by atoms with Crippen LogP contribution in [0.3, 0.4) is 0 Å². The lowest BCUT2D eigenvalue weighted by Crippen LogP contribution is -2.13. The highest BCUT2D eigenvalue weighted by molar-refractivity contribution is 7.90. The number of aryl methyl sites for hydroxylation is 1. The van der Waals surface area contributed by atoms with Crippen LogP contribution in [0.5, 0.6) is 5.75 Å². The summed E-state index contributed by atoms with van der Waals surface area (Å²) in [5.74, 6) is -0.0612. The fourth-order valence-electron chi connectivity index (χ4n) is 3.77. The summed E-state index contributed by atoms with van der Waals surface area (Å²) in [6, 6.07) is 10.4. The molecule has 172 valence electrons. The van der Waals surface area contributed by atoms with Gasteiger partial charge < -0.3 is 14.6 Å². The summed E-state index contributed by atoms with van der Waals surface area (Å²) in [6.07, 6.45) is 2.29. The molecule has 2 heterocycles. The number of sulfone groups is 1. The molecule has 0 aliphatic rings. The second-order valence-electron chi connectivity index (χ2n) is 7.58. The molecule has 0 bridgehead atoms. The van der Waals surface area contributed by atoms with E-state index in [1.54, 1.807) is 19.2 Å². The molecule has 0 amide bonds. The van der Waals surface area contributed by atoms with Crippen LogP contribution in [0.2, 0.25) is 0 Å². The van der Waals surface area contributed by atoms with Gasteiger partial charge in [-0.05, 0) is 37.3 Å². The molecule has 0 atom stereocenters. The molecule has 0 aliphatic heterocycles. The minimum Gasteiger partial charge on any atom is -0.496 e. The molecular formula is C23H22F2N4O3S. The van der Waals surface area contributed by atoms with Crippen LogP contribution in [0.4, 0.5) is 14.6 Å². The summed E-state index contributed by atoms with van der Waals surface area (Å²) in [5.41, 5.74) is 2.22. The van der Waals surface area contributed by atoms with Crippen LogP contribution in [0.25, 0.3) is 22.2 Å². The molecule has 10 heteroatoms. The van der Waals surface area contributed by atoms with Crippen LogP contribution in [0, 0.1) is 18.6 Å². The molecule has 2 aromatic carbocycles. The van der Waals surface area contributed by atoms with E-state index < -0.39 is 15.7 Å². The summed E-state index contributed by atoms with van der Waals surface area (Å²) in [7, 11) is -2.11. The van der Waals surface area contributed by atoms with Crippen molar-refractivity contribution < 1.29 is 21.9 Å². The van der Waals surface area contributed by atoms with E-state index in [0.717, 1.165) is 18.0 Å². The number of hydrogen-bond donors (Lipinski definition) is 1. The Balaban J connectivity index is 1.53. The van der Waals surface area contributed by atoms with Crippen LogP contribution in [0.1, 0.15) is 5.69 Å². The topological polar surface area (TPSA) is 86.1 Å². The number of aromatic nitrogens is 3. The number of halogens is 2. The molecule has 4 aromatic rings. The van der Waals surface area contributed by atoms with E-state index >= 15 is 0 Å². The van der Waals surface area contributed by atoms with Gasteiger partial charge in [0.1, 0.15) is 34.4 Å². The molecule has 0 unspecified atom stereocenters. The zero-order chi connectivity index (χ0) is 23.8. The van der Waals surface area contributed by atoms with E-state index in [1.807, 2.05) is 17.6 Å². The van der Waals surface area contributed by atoms with Gasteiger partial charge in [-0.2, -0.15) is 0 Å². The number of nitrogens with one attached hydrogen (secondary N) is 1. The predicted molar refractivity (Wildman–Crippen MR) is 122 cm³/mol. The van der Waals surface area contributed by atoms with Crippen LogP contribution < -0.4 is 10.1 Å². The highest BCUT2D eigenvalue weighted by Crippen LogP contribution is 2.31. The highest BCUT2D eigenvalue weighted by atomic mass is 32.2. The smallest absolute Gasteiger partial charge is 0.178 e. The van der Waals surface area contributed by atoms with E-state index in [2.05, 4.69) is 15.3 Å². The third-order valence-electron chi connectivity index (χ3n) is 5.33. The molecule has 0 fully saturated rings. The largest absolute Gasteiger partial charge is 0.496 e. The van der Waals surface area contributed by atoms with Crippen molar-refractivity contribution in [2.75, 3.05) is 25.2 Å². The van der Waals surface area contributed by atoms with Gasteiger partial charge >= 0.3 is 0 Å². The lowest BCUT2D eigenvalue weighted by molar-refractivity contribution is 0.419. The Hall–Kier alpha value is -3.53. The zero-order valence-electron chi connectivity index (χ0n) is 18.3. The average molecular weight is 473 g/mol. The van der Waals surface area contributed by atoms with Gasteiger partial charge in [0, 0.05) is 42.1 Å². The van der Waals surface area contributed by atoms with E-state index in [9.17, 15) is 17.2 Å². The van der Waals surface area contributed by atoms with E-state index in [1.165, 1.54) is 24.5 Å². The number of benzene rings is 2. The number of ether oxygens (including phenoxy) is 1. The van der Waals surface area contributed by atoms with Crippen LogP contribution in [0.15, 0.2) is 53.7 Å². The number of fused-ring (bicyclic) bond motifs is 1. The van der Waals surface area contributed by atoms with Gasteiger partial charge in [0.15, 0.2) is 9.84 Å². The van der Waals surface area contributed by atoms with E-state index in [0.29, 0.717) is 46.8 Å². The van der Waals surface area contributed by atoms with Gasteiger partial charge in [-0.25, -0.2) is 27.2 Å². The minimum absolute atomic E-state index is 0.331. The third-order valence-corrected chi connectivity index (χ3v) is 6.46. The molecule has 0 spiro atoms. The first-order chi connectivity index (χ1) is 15.7. The van der Waals surface area contributed by atoms with Crippen molar-refractivity contribution in [1.29, 1.82) is 0 Å². The number of rotatable bonds is 7. The Morgan fingerprint density at radius 3 is 2.55 bits per heavy atom. The second-order valence-corrected chi connectivity index (χ2v) is 9.57. The summed E-state index contributed by atoms with van der Waals surface area (Å²) >= 11 is 0. The molecule has 0 radical (unpaired) electrons. The first-order valence-corrected chi connectivity index (χ1v) is 12.0. The third kappa shape index (κ3) is 4.51. The quantitative estimate of drug-likeness (QED) is 0.434. The van der Waals surface area contributed by atoms with Crippen molar-refractivity contribution in [2.45, 2.75) is 18.4 Å². The van der Waals surface area contributed by atoms with Gasteiger partial charge in [0.05, 0.1) is 18.3 Å². The molecule has 0 saturated heterocycles. The maximum absolute atomic E-state index is 14.5. The number of anilines is 1. The average Bonchev–Trinajstić information content (AvgIpc) is 3.10. The highest BCUT2D eigenvalue weighted by Gasteiger charge is 2.16. The summed E-state index contributed by atoms with van der Waals surface area (Å²) in [6.45, 7) is 2.81. The van der Waals surface area contributed by atoms with Crippen molar-refractivity contribution in [2.24, 2.45) is 0 Å². The van der Waals surface area contributed by atoms with E-state index in [-0.39, 0.29) is 10.7 Å². The molecule has 33 heavy (non-hydrogen) atoms. The molecule has 7 nitrogen and oxygen atoms in total. The Morgan fingerprint density at radius 2 is 1.85 bits per heavy atom. The minimum atomic E-state index is -3.66. The number of methoxy groups -OCH3 is 1. The van der Waals surface area contributed by atoms with Crippen LogP contribution in [-0.4, -0.2) is 42.9 Å². The van der Waals surface area contributed by atoms with Gasteiger partial charge in [0.25, 0.3) is 0 Å². The fraction of sp³-hybridized carbons (Fsp3) is 0.217. The molecule has 4 rings (SSSR count). The number of hydrogen-bond acceptors (Lipinski definition) is 6. The molecule has 1 N–H and O–H groups in total. The van der Waals surface area contributed by atoms with Crippen LogP contribution in [-0.2, 0) is 16.4 Å². The van der Waals surface area contributed by atoms with Gasteiger partial charge in [-0.1, -0.05) is 6.07 Å². The summed E-state index contributed by atoms with van der Waals surface area (Å²) in [5, 5.41) is 3.88. The standard InChI is InChI=1S/C23H22F2N4O3S/c1-14-10-16-20(32-2)6-5-17(24)23(16)29(14)9-8-26-22-12-19(27-13-28-22)15-4-7-21(18(25)11-15)33(3,30)31/h4-7,10-13H,8-9H2,1-3H3,(H,26,27,28). The van der Waals surface area contributed by atoms with Crippen molar-refractivity contribution in [3.05, 3.63) is 66.1 Å². The lowest BCUT2D eigenvalue weighted by atomic mass is 10.1.